The summed E-state index contributed by atoms with van der Waals surface area (Å²) >= 11 is 0. The maximum atomic E-state index is 5.33. The quantitative estimate of drug-likeness (QED) is 0.740. The molecule has 0 atom stereocenters. The van der Waals surface area contributed by atoms with Gasteiger partial charge in [0.15, 0.2) is 0 Å². The Morgan fingerprint density at radius 2 is 1.94 bits per heavy atom. The van der Waals surface area contributed by atoms with E-state index in [9.17, 15) is 0 Å². The van der Waals surface area contributed by atoms with E-state index < -0.39 is 0 Å². The van der Waals surface area contributed by atoms with Crippen molar-refractivity contribution in [3.05, 3.63) is 23.8 Å². The summed E-state index contributed by atoms with van der Waals surface area (Å²) in [6.07, 6.45) is 1.19. The van der Waals surface area contributed by atoms with Gasteiger partial charge in [0.25, 0.3) is 0 Å². The van der Waals surface area contributed by atoms with E-state index in [1.165, 1.54) is 6.42 Å². The Bertz CT molecular complexity index is 337. The molecule has 0 fully saturated rings. The SMILES string of the molecule is COc1ccc(OC)c(CNCCC(C)C)c1. The topological polar surface area (TPSA) is 30.5 Å². The molecule has 96 valence electrons. The van der Waals surface area contributed by atoms with Crippen LogP contribution >= 0.6 is 0 Å². The molecule has 0 saturated carbocycles. The van der Waals surface area contributed by atoms with Crippen LogP contribution in [0.4, 0.5) is 0 Å². The molecule has 17 heavy (non-hydrogen) atoms. The molecule has 1 N–H and O–H groups in total. The Morgan fingerprint density at radius 1 is 1.18 bits per heavy atom. The van der Waals surface area contributed by atoms with E-state index in [1.807, 2.05) is 18.2 Å². The van der Waals surface area contributed by atoms with Crippen LogP contribution in [-0.4, -0.2) is 20.8 Å². The summed E-state index contributed by atoms with van der Waals surface area (Å²) in [6, 6.07) is 5.87. The summed E-state index contributed by atoms with van der Waals surface area (Å²) in [4.78, 5) is 0. The van der Waals surface area contributed by atoms with Crippen molar-refractivity contribution < 1.29 is 9.47 Å². The van der Waals surface area contributed by atoms with Gasteiger partial charge in [-0.2, -0.15) is 0 Å². The predicted molar refractivity (Wildman–Crippen MR) is 70.7 cm³/mol. The van der Waals surface area contributed by atoms with Crippen molar-refractivity contribution >= 4 is 0 Å². The van der Waals surface area contributed by atoms with Crippen LogP contribution in [0.3, 0.4) is 0 Å². The maximum Gasteiger partial charge on any atom is 0.123 e. The highest BCUT2D eigenvalue weighted by molar-refractivity contribution is 5.40. The number of methoxy groups -OCH3 is 2. The van der Waals surface area contributed by atoms with Crippen molar-refractivity contribution in [3.8, 4) is 11.5 Å². The standard InChI is InChI=1S/C14H23NO2/c1-11(2)7-8-15-10-12-9-13(16-3)5-6-14(12)17-4/h5-6,9,11,15H,7-8,10H2,1-4H3. The molecule has 3 heteroatoms. The smallest absolute Gasteiger partial charge is 0.123 e. The Balaban J connectivity index is 2.55. The van der Waals surface area contributed by atoms with Gasteiger partial charge in [-0.15, -0.1) is 0 Å². The van der Waals surface area contributed by atoms with Gasteiger partial charge in [0.05, 0.1) is 14.2 Å². The van der Waals surface area contributed by atoms with Crippen molar-refractivity contribution in [1.82, 2.24) is 5.32 Å². The molecule has 0 aliphatic rings. The molecule has 0 saturated heterocycles. The molecule has 0 aliphatic heterocycles. The van der Waals surface area contributed by atoms with Crippen LogP contribution in [0.1, 0.15) is 25.8 Å². The van der Waals surface area contributed by atoms with Crippen LogP contribution in [0.25, 0.3) is 0 Å². The average molecular weight is 237 g/mol. The minimum atomic E-state index is 0.731. The van der Waals surface area contributed by atoms with Crippen LogP contribution < -0.4 is 14.8 Å². The summed E-state index contributed by atoms with van der Waals surface area (Å²) in [5, 5.41) is 3.42. The van der Waals surface area contributed by atoms with Gasteiger partial charge in [-0.1, -0.05) is 13.8 Å². The van der Waals surface area contributed by atoms with Crippen molar-refractivity contribution in [2.75, 3.05) is 20.8 Å². The van der Waals surface area contributed by atoms with E-state index in [0.29, 0.717) is 0 Å². The Morgan fingerprint density at radius 3 is 2.53 bits per heavy atom. The van der Waals surface area contributed by atoms with E-state index in [4.69, 9.17) is 9.47 Å². The minimum absolute atomic E-state index is 0.731. The van der Waals surface area contributed by atoms with Gasteiger partial charge in [0, 0.05) is 12.1 Å². The lowest BCUT2D eigenvalue weighted by Gasteiger charge is -2.12. The molecule has 1 aromatic carbocycles. The minimum Gasteiger partial charge on any atom is -0.497 e. The first-order valence-electron chi connectivity index (χ1n) is 6.09. The molecule has 3 nitrogen and oxygen atoms in total. The Hall–Kier alpha value is -1.22. The highest BCUT2D eigenvalue weighted by Gasteiger charge is 2.04. The summed E-state index contributed by atoms with van der Waals surface area (Å²) in [6.45, 7) is 6.30. The molecule has 1 aromatic rings. The number of ether oxygens (including phenoxy) is 2. The summed E-state index contributed by atoms with van der Waals surface area (Å²) < 4.78 is 10.5. The fourth-order valence-corrected chi connectivity index (χ4v) is 1.63. The van der Waals surface area contributed by atoms with Crippen LogP contribution in [0.2, 0.25) is 0 Å². The molecule has 0 aromatic heterocycles. The van der Waals surface area contributed by atoms with Crippen LogP contribution in [0, 0.1) is 5.92 Å². The lowest BCUT2D eigenvalue weighted by molar-refractivity contribution is 0.396. The fraction of sp³-hybridized carbons (Fsp3) is 0.571. The maximum absolute atomic E-state index is 5.33. The van der Waals surface area contributed by atoms with E-state index in [2.05, 4.69) is 19.2 Å². The first-order valence-corrected chi connectivity index (χ1v) is 6.09. The predicted octanol–water partition coefficient (Wildman–Crippen LogP) is 2.84. The molecule has 0 amide bonds. The highest BCUT2D eigenvalue weighted by atomic mass is 16.5. The zero-order chi connectivity index (χ0) is 12.7. The van der Waals surface area contributed by atoms with E-state index in [1.54, 1.807) is 14.2 Å². The van der Waals surface area contributed by atoms with E-state index >= 15 is 0 Å². The van der Waals surface area contributed by atoms with Crippen LogP contribution in [-0.2, 0) is 6.54 Å². The lowest BCUT2D eigenvalue weighted by Crippen LogP contribution is -2.16. The number of rotatable bonds is 7. The second-order valence-corrected chi connectivity index (χ2v) is 4.54. The first kappa shape index (κ1) is 13.8. The third-order valence-electron chi connectivity index (χ3n) is 2.70. The van der Waals surface area contributed by atoms with Gasteiger partial charge in [-0.05, 0) is 37.1 Å². The van der Waals surface area contributed by atoms with Crippen molar-refractivity contribution in [1.29, 1.82) is 0 Å². The first-order chi connectivity index (χ1) is 8.17. The third-order valence-corrected chi connectivity index (χ3v) is 2.70. The van der Waals surface area contributed by atoms with Crippen LogP contribution in [0.5, 0.6) is 11.5 Å². The molecule has 1 rings (SSSR count). The van der Waals surface area contributed by atoms with Gasteiger partial charge < -0.3 is 14.8 Å². The van der Waals surface area contributed by atoms with Gasteiger partial charge >= 0.3 is 0 Å². The number of hydrogen-bond acceptors (Lipinski definition) is 3. The Kier molecular flexibility index (Phi) is 5.84. The highest BCUT2D eigenvalue weighted by Crippen LogP contribution is 2.23. The lowest BCUT2D eigenvalue weighted by atomic mass is 10.1. The average Bonchev–Trinajstić information content (AvgIpc) is 2.34. The van der Waals surface area contributed by atoms with Gasteiger partial charge in [0.1, 0.15) is 11.5 Å². The molecule has 0 heterocycles. The zero-order valence-corrected chi connectivity index (χ0v) is 11.2. The van der Waals surface area contributed by atoms with Gasteiger partial charge in [-0.3, -0.25) is 0 Å². The molecule has 0 spiro atoms. The Labute approximate surface area is 104 Å². The molecular weight excluding hydrogens is 214 g/mol. The summed E-state index contributed by atoms with van der Waals surface area (Å²) in [5.74, 6) is 2.50. The molecular formula is C14H23NO2. The second kappa shape index (κ2) is 7.17. The number of hydrogen-bond donors (Lipinski definition) is 1. The zero-order valence-electron chi connectivity index (χ0n) is 11.2. The molecule has 0 bridgehead atoms. The molecule has 0 radical (unpaired) electrons. The molecule has 0 aliphatic carbocycles. The van der Waals surface area contributed by atoms with Crippen molar-refractivity contribution in [3.63, 3.8) is 0 Å². The summed E-state index contributed by atoms with van der Waals surface area (Å²) in [7, 11) is 3.37. The van der Waals surface area contributed by atoms with Crippen molar-refractivity contribution in [2.45, 2.75) is 26.8 Å². The van der Waals surface area contributed by atoms with E-state index in [0.717, 1.165) is 36.1 Å². The van der Waals surface area contributed by atoms with Crippen LogP contribution in [0.15, 0.2) is 18.2 Å². The fourth-order valence-electron chi connectivity index (χ4n) is 1.63. The van der Waals surface area contributed by atoms with Crippen molar-refractivity contribution in [2.24, 2.45) is 5.92 Å². The third kappa shape index (κ3) is 4.65. The van der Waals surface area contributed by atoms with Gasteiger partial charge in [-0.25, -0.2) is 0 Å². The summed E-state index contributed by atoms with van der Waals surface area (Å²) in [5.41, 5.74) is 1.13. The number of nitrogens with one attached hydrogen (secondary N) is 1. The second-order valence-electron chi connectivity index (χ2n) is 4.54. The molecule has 0 unspecified atom stereocenters. The normalized spacial score (nSPS) is 10.6. The largest absolute Gasteiger partial charge is 0.497 e. The number of benzene rings is 1. The monoisotopic (exact) mass is 237 g/mol. The van der Waals surface area contributed by atoms with Gasteiger partial charge in [0.2, 0.25) is 0 Å². The van der Waals surface area contributed by atoms with E-state index in [-0.39, 0.29) is 0 Å².